The SMILES string of the molecule is O=C([O-])[C@@H]1CCCN1CP(=O)(O)O.[Na+]. The quantitative estimate of drug-likeness (QED) is 0.374. The molecule has 76 valence electrons. The molecule has 1 heterocycles. The molecular formula is C6H11NNaO5P. The molecule has 1 aliphatic rings. The van der Waals surface area contributed by atoms with E-state index in [9.17, 15) is 14.5 Å². The molecule has 2 N–H and O–H groups in total. The van der Waals surface area contributed by atoms with Crippen molar-refractivity contribution in [2.75, 3.05) is 12.8 Å². The Morgan fingerprint density at radius 3 is 2.57 bits per heavy atom. The number of likely N-dealkylation sites (tertiary alicyclic amines) is 1. The normalized spacial score (nSPS) is 23.1. The number of rotatable bonds is 3. The summed E-state index contributed by atoms with van der Waals surface area (Å²) in [4.78, 5) is 29.0. The maximum Gasteiger partial charge on any atom is 1.00 e. The van der Waals surface area contributed by atoms with Crippen molar-refractivity contribution in [1.29, 1.82) is 0 Å². The number of hydrogen-bond acceptors (Lipinski definition) is 4. The van der Waals surface area contributed by atoms with Gasteiger partial charge in [-0.15, -0.1) is 0 Å². The molecule has 0 unspecified atom stereocenters. The second kappa shape index (κ2) is 5.61. The molecule has 0 aliphatic carbocycles. The Kier molecular flexibility index (Phi) is 5.84. The van der Waals surface area contributed by atoms with Crippen LogP contribution in [0.3, 0.4) is 0 Å². The first-order chi connectivity index (χ1) is 5.90. The monoisotopic (exact) mass is 231 g/mol. The van der Waals surface area contributed by atoms with Gasteiger partial charge in [-0.25, -0.2) is 0 Å². The van der Waals surface area contributed by atoms with Gasteiger partial charge in [0, 0.05) is 0 Å². The zero-order chi connectivity index (χ0) is 10.1. The Labute approximate surface area is 104 Å². The first kappa shape index (κ1) is 14.6. The first-order valence-electron chi connectivity index (χ1n) is 3.89. The third kappa shape index (κ3) is 4.40. The van der Waals surface area contributed by atoms with Gasteiger partial charge in [0.25, 0.3) is 0 Å². The van der Waals surface area contributed by atoms with Gasteiger partial charge in [-0.05, 0) is 19.4 Å². The Hall–Kier alpha value is 0.580. The topological polar surface area (TPSA) is 101 Å². The van der Waals surface area contributed by atoms with Gasteiger partial charge in [-0.3, -0.25) is 9.46 Å². The van der Waals surface area contributed by atoms with Crippen LogP contribution in [0.1, 0.15) is 12.8 Å². The predicted octanol–water partition coefficient (Wildman–Crippen LogP) is -4.66. The van der Waals surface area contributed by atoms with E-state index < -0.39 is 25.9 Å². The van der Waals surface area contributed by atoms with Crippen LogP contribution in [0.15, 0.2) is 0 Å². The van der Waals surface area contributed by atoms with E-state index in [2.05, 4.69) is 0 Å². The molecule has 1 aliphatic heterocycles. The molecule has 1 saturated heterocycles. The summed E-state index contributed by atoms with van der Waals surface area (Å²) < 4.78 is 10.6. The fourth-order valence-corrected chi connectivity index (χ4v) is 2.31. The van der Waals surface area contributed by atoms with E-state index in [1.807, 2.05) is 0 Å². The summed E-state index contributed by atoms with van der Waals surface area (Å²) in [5, 5.41) is 10.5. The van der Waals surface area contributed by atoms with Crippen molar-refractivity contribution in [3.8, 4) is 0 Å². The molecule has 1 atom stereocenters. The number of carbonyl (C=O) groups is 1. The van der Waals surface area contributed by atoms with Crippen LogP contribution in [-0.2, 0) is 9.36 Å². The van der Waals surface area contributed by atoms with Crippen LogP contribution in [-0.4, -0.2) is 39.5 Å². The molecule has 0 amide bonds. The fourth-order valence-electron chi connectivity index (χ4n) is 1.50. The van der Waals surface area contributed by atoms with E-state index in [1.165, 1.54) is 4.90 Å². The minimum Gasteiger partial charge on any atom is -0.548 e. The van der Waals surface area contributed by atoms with E-state index in [4.69, 9.17) is 9.79 Å². The van der Waals surface area contributed by atoms with Gasteiger partial charge in [0.1, 0.15) is 6.29 Å². The van der Waals surface area contributed by atoms with Crippen molar-refractivity contribution in [3.05, 3.63) is 0 Å². The minimum absolute atomic E-state index is 0. The van der Waals surface area contributed by atoms with Gasteiger partial charge in [0.2, 0.25) is 0 Å². The maximum absolute atomic E-state index is 10.6. The molecule has 0 aromatic rings. The van der Waals surface area contributed by atoms with Crippen LogP contribution in [0.25, 0.3) is 0 Å². The molecule has 1 fully saturated rings. The van der Waals surface area contributed by atoms with Gasteiger partial charge in [0.05, 0.1) is 12.0 Å². The van der Waals surface area contributed by atoms with E-state index in [-0.39, 0.29) is 29.6 Å². The summed E-state index contributed by atoms with van der Waals surface area (Å²) in [6, 6.07) is -0.840. The van der Waals surface area contributed by atoms with E-state index >= 15 is 0 Å². The molecule has 0 aromatic heterocycles. The zero-order valence-corrected chi connectivity index (χ0v) is 10.8. The molecule has 0 bridgehead atoms. The van der Waals surface area contributed by atoms with E-state index in [0.29, 0.717) is 19.4 Å². The van der Waals surface area contributed by atoms with Crippen molar-refractivity contribution >= 4 is 13.6 Å². The Bertz CT molecular complexity index is 255. The smallest absolute Gasteiger partial charge is 0.548 e. The van der Waals surface area contributed by atoms with Crippen LogP contribution >= 0.6 is 7.60 Å². The summed E-state index contributed by atoms with van der Waals surface area (Å²) in [7, 11) is -4.16. The average Bonchev–Trinajstić information content (AvgIpc) is 2.31. The molecule has 0 saturated carbocycles. The van der Waals surface area contributed by atoms with Gasteiger partial charge in [-0.1, -0.05) is 0 Å². The van der Waals surface area contributed by atoms with Crippen LogP contribution in [0, 0.1) is 0 Å². The number of hydrogen-bond donors (Lipinski definition) is 2. The number of nitrogens with zero attached hydrogens (tertiary/aromatic N) is 1. The van der Waals surface area contributed by atoms with E-state index in [0.717, 1.165) is 0 Å². The Morgan fingerprint density at radius 2 is 2.14 bits per heavy atom. The number of carboxylic acid groups (broad SMARTS) is 1. The first-order valence-corrected chi connectivity index (χ1v) is 5.69. The van der Waals surface area contributed by atoms with Crippen LogP contribution in [0.4, 0.5) is 0 Å². The van der Waals surface area contributed by atoms with Gasteiger partial charge in [-0.2, -0.15) is 0 Å². The van der Waals surface area contributed by atoms with Crippen molar-refractivity contribution in [2.45, 2.75) is 18.9 Å². The second-order valence-corrected chi connectivity index (χ2v) is 4.71. The largest absolute Gasteiger partial charge is 1.00 e. The summed E-state index contributed by atoms with van der Waals surface area (Å²) in [5.41, 5.74) is 0. The summed E-state index contributed by atoms with van der Waals surface area (Å²) in [5.74, 6) is -1.26. The molecule has 1 rings (SSSR count). The second-order valence-electron chi connectivity index (χ2n) is 3.10. The summed E-state index contributed by atoms with van der Waals surface area (Å²) in [6.45, 7) is 0.407. The van der Waals surface area contributed by atoms with Gasteiger partial charge >= 0.3 is 37.2 Å². The molecule has 8 heteroatoms. The maximum atomic E-state index is 10.6. The van der Waals surface area contributed by atoms with Gasteiger partial charge in [0.15, 0.2) is 0 Å². The fraction of sp³-hybridized carbons (Fsp3) is 0.833. The minimum atomic E-state index is -4.16. The van der Waals surface area contributed by atoms with Crippen LogP contribution < -0.4 is 34.7 Å². The Balaban J connectivity index is 0.00000169. The van der Waals surface area contributed by atoms with Crippen LogP contribution in [0.5, 0.6) is 0 Å². The van der Waals surface area contributed by atoms with Crippen LogP contribution in [0.2, 0.25) is 0 Å². The van der Waals surface area contributed by atoms with Crippen molar-refractivity contribution in [2.24, 2.45) is 0 Å². The molecular weight excluding hydrogens is 220 g/mol. The van der Waals surface area contributed by atoms with Crippen molar-refractivity contribution in [3.63, 3.8) is 0 Å². The van der Waals surface area contributed by atoms with Crippen molar-refractivity contribution < 1.29 is 53.8 Å². The Morgan fingerprint density at radius 1 is 1.57 bits per heavy atom. The molecule has 6 nitrogen and oxygen atoms in total. The molecule has 0 spiro atoms. The molecule has 14 heavy (non-hydrogen) atoms. The standard InChI is InChI=1S/C6H12NO5P.Na/c8-6(9)5-2-1-3-7(5)4-13(10,11)12;/h5H,1-4H2,(H,8,9)(H2,10,11,12);/q;+1/p-1/t5-;/m0./s1. The molecule has 0 aromatic carbocycles. The summed E-state index contributed by atoms with van der Waals surface area (Å²) in [6.07, 6.45) is 0.548. The number of carbonyl (C=O) groups excluding carboxylic acids is 1. The molecule has 0 radical (unpaired) electrons. The number of aliphatic carboxylic acids is 1. The third-order valence-corrected chi connectivity index (χ3v) is 2.73. The average molecular weight is 231 g/mol. The van der Waals surface area contributed by atoms with Gasteiger partial charge < -0.3 is 19.7 Å². The van der Waals surface area contributed by atoms with Crippen molar-refractivity contribution in [1.82, 2.24) is 4.90 Å². The predicted molar refractivity (Wildman–Crippen MR) is 41.6 cm³/mol. The number of carboxylic acids is 1. The third-order valence-electron chi connectivity index (χ3n) is 2.00. The summed E-state index contributed by atoms with van der Waals surface area (Å²) >= 11 is 0. The van der Waals surface area contributed by atoms with E-state index in [1.54, 1.807) is 0 Å². The zero-order valence-electron chi connectivity index (χ0n) is 7.92.